The van der Waals surface area contributed by atoms with Gasteiger partial charge in [-0.15, -0.1) is 0 Å². The number of carbonyl (C=O) groups is 2. The van der Waals surface area contributed by atoms with Gasteiger partial charge in [-0.1, -0.05) is 31.2 Å². The molecule has 0 aliphatic carbocycles. The van der Waals surface area contributed by atoms with Crippen LogP contribution in [0.5, 0.6) is 5.75 Å². The third kappa shape index (κ3) is 3.33. The fourth-order valence-corrected chi connectivity index (χ4v) is 3.05. The summed E-state index contributed by atoms with van der Waals surface area (Å²) in [6, 6.07) is 11.4. The Morgan fingerprint density at radius 3 is 2.76 bits per heavy atom. The number of anilines is 2. The summed E-state index contributed by atoms with van der Waals surface area (Å²) in [7, 11) is 0. The number of amides is 2. The molecule has 0 saturated carbocycles. The van der Waals surface area contributed by atoms with Gasteiger partial charge in [0, 0.05) is 18.7 Å². The Labute approximate surface area is 145 Å². The summed E-state index contributed by atoms with van der Waals surface area (Å²) in [4.78, 5) is 26.4. The molecule has 2 aromatic rings. The van der Waals surface area contributed by atoms with Crippen molar-refractivity contribution in [2.45, 2.75) is 19.8 Å². The second-order valence-corrected chi connectivity index (χ2v) is 6.01. The van der Waals surface area contributed by atoms with Gasteiger partial charge in [0.2, 0.25) is 11.8 Å². The smallest absolute Gasteiger partial charge is 0.229 e. The van der Waals surface area contributed by atoms with E-state index in [-0.39, 0.29) is 30.3 Å². The molecule has 3 rings (SSSR count). The van der Waals surface area contributed by atoms with E-state index in [0.29, 0.717) is 0 Å². The highest BCUT2D eigenvalue weighted by Crippen LogP contribution is 2.31. The quantitative estimate of drug-likeness (QED) is 0.839. The van der Waals surface area contributed by atoms with Crippen molar-refractivity contribution in [3.8, 4) is 5.75 Å². The van der Waals surface area contributed by atoms with Gasteiger partial charge in [-0.3, -0.25) is 9.59 Å². The lowest BCUT2D eigenvalue weighted by atomic mass is 10.1. The fourth-order valence-electron chi connectivity index (χ4n) is 3.05. The average Bonchev–Trinajstić information content (AvgIpc) is 3.00. The summed E-state index contributed by atoms with van der Waals surface area (Å²) in [5.74, 6) is -2.28. The summed E-state index contributed by atoms with van der Waals surface area (Å²) in [6.07, 6.45) is 0.832. The van der Waals surface area contributed by atoms with Crippen LogP contribution in [0.3, 0.4) is 0 Å². The first kappa shape index (κ1) is 17.0. The van der Waals surface area contributed by atoms with Gasteiger partial charge in [-0.05, 0) is 30.2 Å². The van der Waals surface area contributed by atoms with E-state index in [0.717, 1.165) is 23.7 Å². The van der Waals surface area contributed by atoms with E-state index < -0.39 is 17.6 Å². The third-order valence-corrected chi connectivity index (χ3v) is 4.40. The molecule has 0 spiro atoms. The summed E-state index contributed by atoms with van der Waals surface area (Å²) < 4.78 is 13.8. The highest BCUT2D eigenvalue weighted by Gasteiger charge is 2.36. The van der Waals surface area contributed by atoms with E-state index in [9.17, 15) is 19.1 Å². The lowest BCUT2D eigenvalue weighted by Crippen LogP contribution is -2.29. The monoisotopic (exact) mass is 342 g/mol. The van der Waals surface area contributed by atoms with E-state index in [1.54, 1.807) is 4.90 Å². The molecule has 0 unspecified atom stereocenters. The van der Waals surface area contributed by atoms with Crippen molar-refractivity contribution in [2.75, 3.05) is 16.8 Å². The van der Waals surface area contributed by atoms with E-state index >= 15 is 0 Å². The zero-order chi connectivity index (χ0) is 18.0. The zero-order valence-electron chi connectivity index (χ0n) is 13.8. The van der Waals surface area contributed by atoms with Crippen LogP contribution < -0.4 is 10.2 Å². The van der Waals surface area contributed by atoms with Crippen molar-refractivity contribution in [1.82, 2.24) is 0 Å². The number of aryl methyl sites for hydroxylation is 1. The first-order chi connectivity index (χ1) is 12.0. The van der Waals surface area contributed by atoms with E-state index in [4.69, 9.17) is 0 Å². The maximum Gasteiger partial charge on any atom is 0.229 e. The van der Waals surface area contributed by atoms with Crippen LogP contribution >= 0.6 is 0 Å². The number of phenolic OH excluding ortho intramolecular Hbond substituents is 1. The molecular formula is C19H19FN2O3. The molecule has 0 radical (unpaired) electrons. The van der Waals surface area contributed by atoms with Crippen LogP contribution in [0, 0.1) is 11.7 Å². The second kappa shape index (κ2) is 6.93. The van der Waals surface area contributed by atoms with E-state index in [1.807, 2.05) is 31.2 Å². The minimum atomic E-state index is -0.717. The molecule has 1 aliphatic heterocycles. The summed E-state index contributed by atoms with van der Waals surface area (Å²) in [5, 5.41) is 12.1. The Balaban J connectivity index is 1.77. The maximum absolute atomic E-state index is 13.8. The topological polar surface area (TPSA) is 69.6 Å². The highest BCUT2D eigenvalue weighted by atomic mass is 19.1. The summed E-state index contributed by atoms with van der Waals surface area (Å²) in [6.45, 7) is 2.24. The molecule has 5 nitrogen and oxygen atoms in total. The molecule has 2 amide bonds. The predicted octanol–water partition coefficient (Wildman–Crippen LogP) is 3.09. The minimum Gasteiger partial charge on any atom is -0.506 e. The van der Waals surface area contributed by atoms with Crippen LogP contribution in [0.1, 0.15) is 18.9 Å². The number of carbonyl (C=O) groups excluding carboxylic acids is 2. The lowest BCUT2D eigenvalue weighted by Gasteiger charge is -2.20. The molecule has 1 heterocycles. The SMILES string of the molecule is CCc1ccccc1N1C[C@H](C(=O)Nc2c(O)cccc2F)CC1=O. The van der Waals surface area contributed by atoms with Gasteiger partial charge in [-0.2, -0.15) is 0 Å². The number of nitrogens with zero attached hydrogens (tertiary/aromatic N) is 1. The van der Waals surface area contributed by atoms with Crippen molar-refractivity contribution in [2.24, 2.45) is 5.92 Å². The largest absolute Gasteiger partial charge is 0.506 e. The standard InChI is InChI=1S/C19H19FN2O3/c1-2-12-6-3-4-8-15(12)22-11-13(10-17(22)24)19(25)21-18-14(20)7-5-9-16(18)23/h3-9,13,23H,2,10-11H2,1H3,(H,21,25)/t13-/m1/s1. The van der Waals surface area contributed by atoms with Gasteiger partial charge in [-0.25, -0.2) is 4.39 Å². The molecule has 6 heteroatoms. The first-order valence-electron chi connectivity index (χ1n) is 8.18. The zero-order valence-corrected chi connectivity index (χ0v) is 13.8. The number of rotatable bonds is 4. The van der Waals surface area contributed by atoms with Crippen molar-refractivity contribution in [1.29, 1.82) is 0 Å². The summed E-state index contributed by atoms with van der Waals surface area (Å²) >= 11 is 0. The molecule has 1 fully saturated rings. The first-order valence-corrected chi connectivity index (χ1v) is 8.18. The number of para-hydroxylation sites is 2. The number of aromatic hydroxyl groups is 1. The van der Waals surface area contributed by atoms with Gasteiger partial charge >= 0.3 is 0 Å². The Kier molecular flexibility index (Phi) is 4.70. The molecule has 2 aromatic carbocycles. The Bertz CT molecular complexity index is 802. The van der Waals surface area contributed by atoms with Crippen molar-refractivity contribution in [3.05, 3.63) is 53.8 Å². The Morgan fingerprint density at radius 1 is 1.28 bits per heavy atom. The number of benzene rings is 2. The Hall–Kier alpha value is -2.89. The van der Waals surface area contributed by atoms with Crippen molar-refractivity contribution in [3.63, 3.8) is 0 Å². The molecule has 1 atom stereocenters. The number of halogens is 1. The van der Waals surface area contributed by atoms with Gasteiger partial charge < -0.3 is 15.3 Å². The van der Waals surface area contributed by atoms with E-state index in [1.165, 1.54) is 12.1 Å². The molecule has 1 aliphatic rings. The Morgan fingerprint density at radius 2 is 2.04 bits per heavy atom. The van der Waals surface area contributed by atoms with Crippen molar-refractivity contribution < 1.29 is 19.1 Å². The second-order valence-electron chi connectivity index (χ2n) is 6.01. The molecule has 25 heavy (non-hydrogen) atoms. The number of hydrogen-bond donors (Lipinski definition) is 2. The van der Waals surface area contributed by atoms with Crippen LogP contribution in [-0.2, 0) is 16.0 Å². The highest BCUT2D eigenvalue weighted by molar-refractivity contribution is 6.04. The number of phenols is 1. The van der Waals surface area contributed by atoms with Gasteiger partial charge in [0.05, 0.1) is 5.92 Å². The molecule has 130 valence electrons. The van der Waals surface area contributed by atoms with Crippen molar-refractivity contribution >= 4 is 23.2 Å². The summed E-state index contributed by atoms with van der Waals surface area (Å²) in [5.41, 5.74) is 1.58. The van der Waals surface area contributed by atoms with Gasteiger partial charge in [0.15, 0.2) is 5.82 Å². The normalized spacial score (nSPS) is 17.0. The average molecular weight is 342 g/mol. The maximum atomic E-state index is 13.8. The third-order valence-electron chi connectivity index (χ3n) is 4.40. The van der Waals surface area contributed by atoms with Crippen LogP contribution in [0.4, 0.5) is 15.8 Å². The molecule has 0 aromatic heterocycles. The van der Waals surface area contributed by atoms with E-state index in [2.05, 4.69) is 5.32 Å². The van der Waals surface area contributed by atoms with Crippen LogP contribution in [0.25, 0.3) is 0 Å². The fraction of sp³-hybridized carbons (Fsp3) is 0.263. The number of nitrogens with one attached hydrogen (secondary N) is 1. The lowest BCUT2D eigenvalue weighted by molar-refractivity contribution is -0.122. The number of hydrogen-bond acceptors (Lipinski definition) is 3. The van der Waals surface area contributed by atoms with Crippen LogP contribution in [0.2, 0.25) is 0 Å². The molecule has 0 bridgehead atoms. The predicted molar refractivity (Wildman–Crippen MR) is 93.0 cm³/mol. The molecule has 1 saturated heterocycles. The minimum absolute atomic E-state index is 0.0547. The van der Waals surface area contributed by atoms with Gasteiger partial charge in [0.25, 0.3) is 0 Å². The molecule has 2 N–H and O–H groups in total. The van der Waals surface area contributed by atoms with Crippen LogP contribution in [0.15, 0.2) is 42.5 Å². The molecular weight excluding hydrogens is 323 g/mol. The van der Waals surface area contributed by atoms with Gasteiger partial charge in [0.1, 0.15) is 11.4 Å². The van der Waals surface area contributed by atoms with Crippen LogP contribution in [-0.4, -0.2) is 23.5 Å².